The van der Waals surface area contributed by atoms with Crippen LogP contribution in [0.3, 0.4) is 0 Å². The van der Waals surface area contributed by atoms with Crippen LogP contribution in [0.25, 0.3) is 11.4 Å². The van der Waals surface area contributed by atoms with Crippen molar-refractivity contribution in [3.05, 3.63) is 71.6 Å². The molecule has 31 heavy (non-hydrogen) atoms. The number of nitrogens with zero attached hydrogens (tertiary/aromatic N) is 6. The quantitative estimate of drug-likeness (QED) is 0.590. The number of pyridine rings is 1. The number of aryl methyl sites for hydroxylation is 3. The van der Waals surface area contributed by atoms with E-state index in [-0.39, 0.29) is 11.9 Å². The van der Waals surface area contributed by atoms with E-state index in [1.807, 2.05) is 45.0 Å². The van der Waals surface area contributed by atoms with Crippen LogP contribution >= 0.6 is 0 Å². The molecule has 4 rings (SSSR count). The molecule has 0 saturated carbocycles. The minimum atomic E-state index is -0.176. The Kier molecular flexibility index (Phi) is 5.97. The molecule has 1 atom stereocenters. The maximum absolute atomic E-state index is 13.6. The highest BCUT2D eigenvalue weighted by molar-refractivity contribution is 5.98. The van der Waals surface area contributed by atoms with Gasteiger partial charge >= 0.3 is 6.01 Å². The van der Waals surface area contributed by atoms with Gasteiger partial charge in [0, 0.05) is 36.0 Å². The van der Waals surface area contributed by atoms with Crippen LogP contribution in [0.4, 0.5) is 0 Å². The van der Waals surface area contributed by atoms with E-state index in [9.17, 15) is 4.79 Å². The Bertz CT molecular complexity index is 1100. The Morgan fingerprint density at radius 3 is 2.52 bits per heavy atom. The second-order valence-electron chi connectivity index (χ2n) is 7.48. The monoisotopic (exact) mass is 416 g/mol. The summed E-state index contributed by atoms with van der Waals surface area (Å²) in [6, 6.07) is 7.50. The molecule has 8 heteroatoms. The molecule has 0 radical (unpaired) electrons. The Hall–Kier alpha value is -3.68. The van der Waals surface area contributed by atoms with Gasteiger partial charge in [-0.3, -0.25) is 4.79 Å². The molecule has 8 nitrogen and oxygen atoms in total. The molecule has 0 bridgehead atoms. The van der Waals surface area contributed by atoms with E-state index in [0.29, 0.717) is 42.7 Å². The van der Waals surface area contributed by atoms with Gasteiger partial charge in [-0.05, 0) is 51.5 Å². The number of hydrogen-bond acceptors (Lipinski definition) is 7. The number of rotatable bonds is 5. The molecule has 158 valence electrons. The maximum Gasteiger partial charge on any atom is 0.316 e. The molecule has 0 aromatic carbocycles. The van der Waals surface area contributed by atoms with Crippen molar-refractivity contribution in [1.29, 1.82) is 0 Å². The molecule has 0 saturated heterocycles. The fourth-order valence-electron chi connectivity index (χ4n) is 3.53. The minimum Gasteiger partial charge on any atom is -0.461 e. The number of hydrogen-bond donors (Lipinski definition) is 0. The minimum absolute atomic E-state index is 0.159. The lowest BCUT2D eigenvalue weighted by molar-refractivity contribution is 0.0619. The van der Waals surface area contributed by atoms with Gasteiger partial charge in [0.25, 0.3) is 5.91 Å². The first-order chi connectivity index (χ1) is 15.0. The van der Waals surface area contributed by atoms with Crippen LogP contribution in [0.5, 0.6) is 6.01 Å². The summed E-state index contributed by atoms with van der Waals surface area (Å²) in [5, 5.41) is 0. The second-order valence-corrected chi connectivity index (χ2v) is 7.48. The van der Waals surface area contributed by atoms with Crippen LogP contribution < -0.4 is 4.74 Å². The molecule has 4 heterocycles. The van der Waals surface area contributed by atoms with Gasteiger partial charge in [-0.15, -0.1) is 0 Å². The predicted molar refractivity (Wildman–Crippen MR) is 116 cm³/mol. The van der Waals surface area contributed by atoms with Crippen molar-refractivity contribution in [2.24, 2.45) is 0 Å². The Morgan fingerprint density at radius 1 is 1.03 bits per heavy atom. The van der Waals surface area contributed by atoms with Gasteiger partial charge in [0.2, 0.25) is 0 Å². The summed E-state index contributed by atoms with van der Waals surface area (Å²) in [5.74, 6) is 0.299. The summed E-state index contributed by atoms with van der Waals surface area (Å²) >= 11 is 0. The summed E-state index contributed by atoms with van der Waals surface area (Å²) in [4.78, 5) is 37.1. The molecule has 1 aliphatic rings. The normalized spacial score (nSPS) is 15.7. The standard InChI is InChI=1S/C23H24N6O2/c1-15-8-9-19(21-24-10-6-11-25-21)20(26-15)22(30)29-12-5-4-7-18(29)14-31-23-27-16(2)13-17(3)28-23/h4-6,8-11,13,18H,7,12,14H2,1-3H3/t18-/m0/s1. The molecule has 0 fully saturated rings. The Balaban J connectivity index is 1.59. The molecule has 0 unspecified atom stereocenters. The molecule has 0 N–H and O–H groups in total. The molecule has 3 aromatic rings. The van der Waals surface area contributed by atoms with Crippen LogP contribution in [0.2, 0.25) is 0 Å². The Morgan fingerprint density at radius 2 is 1.77 bits per heavy atom. The van der Waals surface area contributed by atoms with Gasteiger partial charge in [-0.1, -0.05) is 12.2 Å². The van der Waals surface area contributed by atoms with Crippen LogP contribution in [-0.2, 0) is 0 Å². The van der Waals surface area contributed by atoms with Gasteiger partial charge in [-0.25, -0.2) is 24.9 Å². The number of ether oxygens (including phenoxy) is 1. The van der Waals surface area contributed by atoms with Crippen molar-refractivity contribution in [3.8, 4) is 17.4 Å². The lowest BCUT2D eigenvalue weighted by Gasteiger charge is -2.32. The van der Waals surface area contributed by atoms with Gasteiger partial charge in [-0.2, -0.15) is 0 Å². The predicted octanol–water partition coefficient (Wildman–Crippen LogP) is 3.10. The van der Waals surface area contributed by atoms with Crippen molar-refractivity contribution in [1.82, 2.24) is 29.8 Å². The summed E-state index contributed by atoms with van der Waals surface area (Å²) in [6.07, 6.45) is 8.03. The first-order valence-corrected chi connectivity index (χ1v) is 10.2. The van der Waals surface area contributed by atoms with Crippen molar-refractivity contribution < 1.29 is 9.53 Å². The molecule has 3 aromatic heterocycles. The zero-order valence-corrected chi connectivity index (χ0v) is 17.8. The zero-order chi connectivity index (χ0) is 21.8. The fourth-order valence-corrected chi connectivity index (χ4v) is 3.53. The SMILES string of the molecule is Cc1cc(C)nc(OC[C@@H]2CC=CCN2C(=O)c2nc(C)ccc2-c2ncccn2)n1. The average Bonchev–Trinajstić information content (AvgIpc) is 2.77. The van der Waals surface area contributed by atoms with Crippen molar-refractivity contribution in [3.63, 3.8) is 0 Å². The van der Waals surface area contributed by atoms with E-state index < -0.39 is 0 Å². The van der Waals surface area contributed by atoms with E-state index in [0.717, 1.165) is 17.1 Å². The van der Waals surface area contributed by atoms with Crippen LogP contribution in [0, 0.1) is 20.8 Å². The van der Waals surface area contributed by atoms with E-state index in [2.05, 4.69) is 31.0 Å². The highest BCUT2D eigenvalue weighted by Crippen LogP contribution is 2.23. The summed E-state index contributed by atoms with van der Waals surface area (Å²) in [6.45, 7) is 6.43. The van der Waals surface area contributed by atoms with Gasteiger partial charge < -0.3 is 9.64 Å². The molecule has 1 amide bonds. The third-order valence-corrected chi connectivity index (χ3v) is 4.99. The number of carbonyl (C=O) groups is 1. The van der Waals surface area contributed by atoms with Crippen LogP contribution in [-0.4, -0.2) is 54.9 Å². The number of carbonyl (C=O) groups excluding carboxylic acids is 1. The van der Waals surface area contributed by atoms with Gasteiger partial charge in [0.05, 0.1) is 11.6 Å². The average molecular weight is 416 g/mol. The highest BCUT2D eigenvalue weighted by Gasteiger charge is 2.29. The van der Waals surface area contributed by atoms with E-state index >= 15 is 0 Å². The van der Waals surface area contributed by atoms with E-state index in [4.69, 9.17) is 4.74 Å². The summed E-state index contributed by atoms with van der Waals surface area (Å²) in [5.41, 5.74) is 3.40. The van der Waals surface area contributed by atoms with Crippen molar-refractivity contribution in [2.75, 3.05) is 13.2 Å². The zero-order valence-electron chi connectivity index (χ0n) is 17.8. The highest BCUT2D eigenvalue weighted by atomic mass is 16.5. The first kappa shape index (κ1) is 20.6. The molecular weight excluding hydrogens is 392 g/mol. The molecule has 1 aliphatic heterocycles. The van der Waals surface area contributed by atoms with E-state index in [1.54, 1.807) is 23.4 Å². The topological polar surface area (TPSA) is 94.0 Å². The third kappa shape index (κ3) is 4.74. The Labute approximate surface area is 181 Å². The largest absolute Gasteiger partial charge is 0.461 e. The second kappa shape index (κ2) is 8.99. The van der Waals surface area contributed by atoms with Crippen molar-refractivity contribution >= 4 is 5.91 Å². The number of amides is 1. The fraction of sp³-hybridized carbons (Fsp3) is 0.304. The summed E-state index contributed by atoms with van der Waals surface area (Å²) in [7, 11) is 0. The molecular formula is C23H24N6O2. The maximum atomic E-state index is 13.6. The van der Waals surface area contributed by atoms with Gasteiger partial charge in [0.1, 0.15) is 12.3 Å². The summed E-state index contributed by atoms with van der Waals surface area (Å²) < 4.78 is 5.87. The third-order valence-electron chi connectivity index (χ3n) is 4.99. The smallest absolute Gasteiger partial charge is 0.316 e. The van der Waals surface area contributed by atoms with E-state index in [1.165, 1.54) is 0 Å². The number of aromatic nitrogens is 5. The lowest BCUT2D eigenvalue weighted by Crippen LogP contribution is -2.45. The van der Waals surface area contributed by atoms with Crippen LogP contribution in [0.15, 0.2) is 48.8 Å². The molecule has 0 spiro atoms. The molecule has 0 aliphatic carbocycles. The lowest BCUT2D eigenvalue weighted by atomic mass is 10.1. The first-order valence-electron chi connectivity index (χ1n) is 10.2. The van der Waals surface area contributed by atoms with Crippen molar-refractivity contribution in [2.45, 2.75) is 33.2 Å². The van der Waals surface area contributed by atoms with Gasteiger partial charge in [0.15, 0.2) is 5.82 Å². The van der Waals surface area contributed by atoms with Crippen LogP contribution in [0.1, 0.15) is 34.0 Å².